The van der Waals surface area contributed by atoms with E-state index in [9.17, 15) is 19.7 Å². The van der Waals surface area contributed by atoms with Gasteiger partial charge < -0.3 is 10.1 Å². The molecule has 32 heavy (non-hydrogen) atoms. The summed E-state index contributed by atoms with van der Waals surface area (Å²) < 4.78 is 5.02. The molecule has 0 fully saturated rings. The fourth-order valence-electron chi connectivity index (χ4n) is 2.85. The van der Waals surface area contributed by atoms with Gasteiger partial charge in [0, 0.05) is 5.56 Å². The Bertz CT molecular complexity index is 1170. The predicted octanol–water partition coefficient (Wildman–Crippen LogP) is 3.37. The average molecular weight is 436 g/mol. The fourth-order valence-corrected chi connectivity index (χ4v) is 2.85. The van der Waals surface area contributed by atoms with Gasteiger partial charge in [-0.3, -0.25) is 25.8 Å². The Morgan fingerprint density at radius 2 is 1.69 bits per heavy atom. The SMILES string of the molecule is CCOC(=O)c1ccccc1Nc1ncnc(NNC(=O)c2ccccc2C)c1[N+](=O)[O-]. The summed E-state index contributed by atoms with van der Waals surface area (Å²) in [7, 11) is 0. The summed E-state index contributed by atoms with van der Waals surface area (Å²) in [5.41, 5.74) is 5.96. The number of benzene rings is 2. The third kappa shape index (κ3) is 4.95. The number of carbonyl (C=O) groups excluding carboxylic acids is 2. The Balaban J connectivity index is 1.88. The highest BCUT2D eigenvalue weighted by Gasteiger charge is 2.25. The zero-order valence-corrected chi connectivity index (χ0v) is 17.3. The van der Waals surface area contributed by atoms with Gasteiger partial charge in [0.1, 0.15) is 6.33 Å². The minimum atomic E-state index is -0.697. The highest BCUT2D eigenvalue weighted by molar-refractivity contribution is 5.97. The number of rotatable bonds is 8. The Morgan fingerprint density at radius 1 is 1.03 bits per heavy atom. The van der Waals surface area contributed by atoms with Gasteiger partial charge in [0.05, 0.1) is 22.8 Å². The monoisotopic (exact) mass is 436 g/mol. The van der Waals surface area contributed by atoms with Gasteiger partial charge in [-0.05, 0) is 37.6 Å². The molecule has 0 unspecified atom stereocenters. The molecule has 1 aromatic heterocycles. The number of nitrogens with one attached hydrogen (secondary N) is 3. The van der Waals surface area contributed by atoms with Crippen molar-refractivity contribution in [3.8, 4) is 0 Å². The molecule has 0 spiro atoms. The van der Waals surface area contributed by atoms with Crippen LogP contribution in [0.1, 0.15) is 33.2 Å². The van der Waals surface area contributed by atoms with Crippen molar-refractivity contribution in [2.45, 2.75) is 13.8 Å². The molecular weight excluding hydrogens is 416 g/mol. The van der Waals surface area contributed by atoms with Crippen LogP contribution < -0.4 is 16.2 Å². The van der Waals surface area contributed by atoms with Gasteiger partial charge in [-0.2, -0.15) is 0 Å². The van der Waals surface area contributed by atoms with E-state index in [1.54, 1.807) is 56.3 Å². The molecule has 3 aromatic rings. The van der Waals surface area contributed by atoms with Crippen molar-refractivity contribution in [3.63, 3.8) is 0 Å². The Morgan fingerprint density at radius 3 is 2.38 bits per heavy atom. The highest BCUT2D eigenvalue weighted by atomic mass is 16.6. The lowest BCUT2D eigenvalue weighted by molar-refractivity contribution is -0.383. The summed E-state index contributed by atoms with van der Waals surface area (Å²) in [6, 6.07) is 13.3. The van der Waals surface area contributed by atoms with E-state index in [1.165, 1.54) is 6.07 Å². The Hall–Kier alpha value is -4.54. The predicted molar refractivity (Wildman–Crippen MR) is 117 cm³/mol. The van der Waals surface area contributed by atoms with E-state index in [0.29, 0.717) is 5.56 Å². The summed E-state index contributed by atoms with van der Waals surface area (Å²) in [5, 5.41) is 14.5. The van der Waals surface area contributed by atoms with Crippen molar-refractivity contribution >= 4 is 34.9 Å². The third-order valence-corrected chi connectivity index (χ3v) is 4.36. The first kappa shape index (κ1) is 22.2. The van der Waals surface area contributed by atoms with Gasteiger partial charge in [0.25, 0.3) is 5.91 Å². The molecule has 3 rings (SSSR count). The minimum Gasteiger partial charge on any atom is -0.462 e. The number of aryl methyl sites for hydroxylation is 1. The number of hydrazine groups is 1. The van der Waals surface area contributed by atoms with Gasteiger partial charge in [-0.15, -0.1) is 0 Å². The quantitative estimate of drug-likeness (QED) is 0.274. The third-order valence-electron chi connectivity index (χ3n) is 4.36. The number of hydrogen-bond donors (Lipinski definition) is 3. The van der Waals surface area contributed by atoms with Crippen molar-refractivity contribution in [2.24, 2.45) is 0 Å². The van der Waals surface area contributed by atoms with Crippen molar-refractivity contribution in [2.75, 3.05) is 17.3 Å². The number of esters is 1. The summed E-state index contributed by atoms with van der Waals surface area (Å²) in [5.74, 6) is -1.48. The lowest BCUT2D eigenvalue weighted by Gasteiger charge is -2.13. The maximum atomic E-state index is 12.4. The van der Waals surface area contributed by atoms with Crippen molar-refractivity contribution in [1.82, 2.24) is 15.4 Å². The van der Waals surface area contributed by atoms with Crippen LogP contribution in [-0.4, -0.2) is 33.4 Å². The number of nitrogens with zero attached hydrogens (tertiary/aromatic N) is 3. The van der Waals surface area contributed by atoms with E-state index in [0.717, 1.165) is 11.9 Å². The van der Waals surface area contributed by atoms with Crippen LogP contribution in [0.4, 0.5) is 23.0 Å². The van der Waals surface area contributed by atoms with E-state index in [-0.39, 0.29) is 29.5 Å². The molecule has 0 radical (unpaired) electrons. The number of ether oxygens (including phenoxy) is 1. The topological polar surface area (TPSA) is 148 Å². The van der Waals surface area contributed by atoms with E-state index in [4.69, 9.17) is 4.74 Å². The highest BCUT2D eigenvalue weighted by Crippen LogP contribution is 2.32. The Labute approximate surface area is 183 Å². The van der Waals surface area contributed by atoms with Crippen LogP contribution in [0.5, 0.6) is 0 Å². The first-order valence-corrected chi connectivity index (χ1v) is 9.57. The first-order valence-electron chi connectivity index (χ1n) is 9.57. The number of aromatic nitrogens is 2. The lowest BCUT2D eigenvalue weighted by Crippen LogP contribution is -2.30. The van der Waals surface area contributed by atoms with Gasteiger partial charge >= 0.3 is 11.7 Å². The molecular formula is C21H20N6O5. The molecule has 2 aromatic carbocycles. The molecule has 164 valence electrons. The summed E-state index contributed by atoms with van der Waals surface area (Å²) in [6.07, 6.45) is 1.09. The second-order valence-corrected chi connectivity index (χ2v) is 6.46. The summed E-state index contributed by atoms with van der Waals surface area (Å²) in [6.45, 7) is 3.62. The molecule has 0 aliphatic carbocycles. The molecule has 0 bridgehead atoms. The standard InChI is InChI=1S/C21H20N6O5/c1-3-32-21(29)15-10-6-7-11-16(15)24-18-17(27(30)31)19(23-12-22-18)25-26-20(28)14-9-5-4-8-13(14)2/h4-12H,3H2,1-2H3,(H,26,28)(H2,22,23,24,25). The zero-order chi connectivity index (χ0) is 23.1. The fraction of sp³-hybridized carbons (Fsp3) is 0.143. The van der Waals surface area contributed by atoms with Crippen LogP contribution in [0, 0.1) is 17.0 Å². The molecule has 0 aliphatic rings. The average Bonchev–Trinajstić information content (AvgIpc) is 2.78. The number of carbonyl (C=O) groups is 2. The molecule has 1 heterocycles. The van der Waals surface area contributed by atoms with E-state index >= 15 is 0 Å². The maximum absolute atomic E-state index is 12.4. The largest absolute Gasteiger partial charge is 0.462 e. The lowest BCUT2D eigenvalue weighted by atomic mass is 10.1. The van der Waals surface area contributed by atoms with Crippen molar-refractivity contribution in [3.05, 3.63) is 81.7 Å². The minimum absolute atomic E-state index is 0.172. The second kappa shape index (κ2) is 9.98. The van der Waals surface area contributed by atoms with Crippen LogP contribution >= 0.6 is 0 Å². The summed E-state index contributed by atoms with van der Waals surface area (Å²) in [4.78, 5) is 43.5. The number of amides is 1. The molecule has 1 amide bonds. The molecule has 0 saturated carbocycles. The molecule has 3 N–H and O–H groups in total. The molecule has 0 atom stereocenters. The van der Waals surface area contributed by atoms with Crippen LogP contribution in [0.25, 0.3) is 0 Å². The summed E-state index contributed by atoms with van der Waals surface area (Å²) >= 11 is 0. The second-order valence-electron chi connectivity index (χ2n) is 6.46. The van der Waals surface area contributed by atoms with Crippen molar-refractivity contribution in [1.29, 1.82) is 0 Å². The molecule has 11 nitrogen and oxygen atoms in total. The van der Waals surface area contributed by atoms with Crippen molar-refractivity contribution < 1.29 is 19.2 Å². The van der Waals surface area contributed by atoms with E-state index in [1.807, 2.05) is 0 Å². The number of hydrogen-bond acceptors (Lipinski definition) is 9. The van der Waals surface area contributed by atoms with Gasteiger partial charge in [-0.25, -0.2) is 14.8 Å². The smallest absolute Gasteiger partial charge is 0.355 e. The van der Waals surface area contributed by atoms with Gasteiger partial charge in [-0.1, -0.05) is 30.3 Å². The van der Waals surface area contributed by atoms with E-state index < -0.39 is 22.5 Å². The number of nitro groups is 1. The first-order chi connectivity index (χ1) is 15.4. The van der Waals surface area contributed by atoms with Crippen LogP contribution in [-0.2, 0) is 4.74 Å². The van der Waals surface area contributed by atoms with Crippen LogP contribution in [0.15, 0.2) is 54.9 Å². The van der Waals surface area contributed by atoms with Gasteiger partial charge in [0.15, 0.2) is 0 Å². The number of anilines is 3. The normalized spacial score (nSPS) is 10.2. The Kier molecular flexibility index (Phi) is 6.91. The maximum Gasteiger partial charge on any atom is 0.355 e. The van der Waals surface area contributed by atoms with Crippen LogP contribution in [0.2, 0.25) is 0 Å². The van der Waals surface area contributed by atoms with Crippen LogP contribution in [0.3, 0.4) is 0 Å². The van der Waals surface area contributed by atoms with E-state index in [2.05, 4.69) is 26.1 Å². The van der Waals surface area contributed by atoms with Gasteiger partial charge in [0.2, 0.25) is 11.6 Å². The number of para-hydroxylation sites is 1. The molecule has 11 heteroatoms. The molecule has 0 aliphatic heterocycles. The zero-order valence-electron chi connectivity index (χ0n) is 17.3. The molecule has 0 saturated heterocycles.